The van der Waals surface area contributed by atoms with Crippen LogP contribution in [0.4, 0.5) is 5.69 Å². The Morgan fingerprint density at radius 1 is 1.10 bits per heavy atom. The number of benzene rings is 3. The minimum absolute atomic E-state index is 0.0290. The fraction of sp³-hybridized carbons (Fsp3) is 0.0909. The van der Waals surface area contributed by atoms with E-state index in [2.05, 4.69) is 10.5 Å². The lowest BCUT2D eigenvalue weighted by Crippen LogP contribution is -2.19. The van der Waals surface area contributed by atoms with Crippen molar-refractivity contribution in [1.29, 1.82) is 0 Å². The molecule has 0 saturated carbocycles. The first-order chi connectivity index (χ1) is 14.9. The first-order valence-corrected chi connectivity index (χ1v) is 9.89. The Balaban J connectivity index is 1.58. The summed E-state index contributed by atoms with van der Waals surface area (Å²) in [5.74, 6) is 0.221. The molecule has 31 heavy (non-hydrogen) atoms. The summed E-state index contributed by atoms with van der Waals surface area (Å²) in [5.41, 5.74) is 4.51. The van der Waals surface area contributed by atoms with E-state index in [9.17, 15) is 14.9 Å². The van der Waals surface area contributed by atoms with Crippen LogP contribution < -0.4 is 10.2 Å². The van der Waals surface area contributed by atoms with Gasteiger partial charge in [-0.05, 0) is 29.8 Å². The molecule has 3 aromatic carbocycles. The number of ether oxygens (including phenoxy) is 1. The van der Waals surface area contributed by atoms with Gasteiger partial charge in [0, 0.05) is 33.3 Å². The Morgan fingerprint density at radius 2 is 1.84 bits per heavy atom. The quantitative estimate of drug-likeness (QED) is 0.286. The van der Waals surface area contributed by atoms with E-state index in [4.69, 9.17) is 27.9 Å². The molecule has 0 unspecified atom stereocenters. The predicted molar refractivity (Wildman–Crippen MR) is 120 cm³/mol. The molecule has 0 saturated heterocycles. The van der Waals surface area contributed by atoms with Gasteiger partial charge in [0.2, 0.25) is 5.91 Å². The SMILES string of the molecule is O=C(Cc1ccc([N+](=O)[O-])cc1)N/N=C\c1ccccc1OCc1ccc(Cl)cc1Cl. The minimum Gasteiger partial charge on any atom is -0.488 e. The van der Waals surface area contributed by atoms with E-state index in [-0.39, 0.29) is 24.6 Å². The van der Waals surface area contributed by atoms with Gasteiger partial charge in [-0.1, -0.05) is 53.5 Å². The molecule has 0 spiro atoms. The molecule has 0 aliphatic rings. The summed E-state index contributed by atoms with van der Waals surface area (Å²) in [7, 11) is 0. The third-order valence-corrected chi connectivity index (χ3v) is 4.81. The van der Waals surface area contributed by atoms with Gasteiger partial charge in [0.15, 0.2) is 0 Å². The number of amides is 1. The Labute approximate surface area is 188 Å². The maximum atomic E-state index is 12.1. The highest BCUT2D eigenvalue weighted by atomic mass is 35.5. The summed E-state index contributed by atoms with van der Waals surface area (Å²) >= 11 is 12.1. The van der Waals surface area contributed by atoms with Crippen LogP contribution in [0, 0.1) is 10.1 Å². The molecule has 9 heteroatoms. The molecule has 0 bridgehead atoms. The third kappa shape index (κ3) is 6.53. The minimum atomic E-state index is -0.492. The smallest absolute Gasteiger partial charge is 0.269 e. The van der Waals surface area contributed by atoms with Crippen LogP contribution in [-0.2, 0) is 17.8 Å². The highest BCUT2D eigenvalue weighted by molar-refractivity contribution is 6.35. The van der Waals surface area contributed by atoms with Gasteiger partial charge in [0.1, 0.15) is 12.4 Å². The normalized spacial score (nSPS) is 10.8. The second-order valence-electron chi connectivity index (χ2n) is 6.46. The van der Waals surface area contributed by atoms with Crippen LogP contribution in [-0.4, -0.2) is 17.0 Å². The van der Waals surface area contributed by atoms with Crippen molar-refractivity contribution in [3.63, 3.8) is 0 Å². The van der Waals surface area contributed by atoms with Crippen LogP contribution in [0.3, 0.4) is 0 Å². The van der Waals surface area contributed by atoms with Gasteiger partial charge in [-0.25, -0.2) is 5.43 Å². The van der Waals surface area contributed by atoms with Gasteiger partial charge in [-0.15, -0.1) is 0 Å². The molecule has 1 amide bonds. The number of halogens is 2. The van der Waals surface area contributed by atoms with Crippen molar-refractivity contribution in [3.8, 4) is 5.75 Å². The number of nitro benzene ring substituents is 1. The average Bonchev–Trinajstić information content (AvgIpc) is 2.74. The first-order valence-electron chi connectivity index (χ1n) is 9.13. The molecular weight excluding hydrogens is 441 g/mol. The molecule has 3 aromatic rings. The Morgan fingerprint density at radius 3 is 2.55 bits per heavy atom. The lowest BCUT2D eigenvalue weighted by molar-refractivity contribution is -0.384. The lowest BCUT2D eigenvalue weighted by atomic mass is 10.1. The van der Waals surface area contributed by atoms with Crippen LogP contribution in [0.15, 0.2) is 71.8 Å². The molecule has 7 nitrogen and oxygen atoms in total. The van der Waals surface area contributed by atoms with E-state index in [0.29, 0.717) is 26.9 Å². The van der Waals surface area contributed by atoms with Crippen molar-refractivity contribution in [2.24, 2.45) is 5.10 Å². The van der Waals surface area contributed by atoms with Crippen LogP contribution >= 0.6 is 23.2 Å². The maximum absolute atomic E-state index is 12.1. The number of para-hydroxylation sites is 1. The van der Waals surface area contributed by atoms with Gasteiger partial charge in [-0.2, -0.15) is 5.10 Å². The van der Waals surface area contributed by atoms with Crippen LogP contribution in [0.1, 0.15) is 16.7 Å². The van der Waals surface area contributed by atoms with Gasteiger partial charge in [0.25, 0.3) is 5.69 Å². The summed E-state index contributed by atoms with van der Waals surface area (Å²) in [5, 5.41) is 15.7. The van der Waals surface area contributed by atoms with E-state index in [0.717, 1.165) is 5.56 Å². The molecule has 0 aliphatic heterocycles. The number of hydrazone groups is 1. The summed E-state index contributed by atoms with van der Waals surface area (Å²) in [6.07, 6.45) is 1.52. The second kappa shape index (κ2) is 10.6. The molecule has 0 atom stereocenters. The number of rotatable bonds is 8. The average molecular weight is 458 g/mol. The fourth-order valence-electron chi connectivity index (χ4n) is 2.65. The Hall–Kier alpha value is -3.42. The van der Waals surface area contributed by atoms with Crippen LogP contribution in [0.25, 0.3) is 0 Å². The molecule has 3 rings (SSSR count). The number of non-ortho nitro benzene ring substituents is 1. The van der Waals surface area contributed by atoms with Gasteiger partial charge in [0.05, 0.1) is 17.6 Å². The highest BCUT2D eigenvalue weighted by Gasteiger charge is 2.08. The number of carbonyl (C=O) groups excluding carboxylic acids is 1. The Kier molecular flexibility index (Phi) is 7.59. The van der Waals surface area contributed by atoms with E-state index >= 15 is 0 Å². The lowest BCUT2D eigenvalue weighted by Gasteiger charge is -2.10. The number of nitro groups is 1. The molecule has 158 valence electrons. The molecule has 1 N–H and O–H groups in total. The number of nitrogens with zero attached hydrogens (tertiary/aromatic N) is 2. The first kappa shape index (κ1) is 22.3. The molecule has 0 fully saturated rings. The zero-order valence-electron chi connectivity index (χ0n) is 16.1. The maximum Gasteiger partial charge on any atom is 0.269 e. The topological polar surface area (TPSA) is 93.8 Å². The standard InChI is InChI=1S/C22H17Cl2N3O4/c23-18-8-7-17(20(24)12-18)14-31-21-4-2-1-3-16(21)13-25-26-22(28)11-15-5-9-19(10-6-15)27(29)30/h1-10,12-13H,11,14H2,(H,26,28)/b25-13-. The number of hydrogen-bond acceptors (Lipinski definition) is 5. The molecule has 0 heterocycles. The second-order valence-corrected chi connectivity index (χ2v) is 7.30. The van der Waals surface area contributed by atoms with Crippen LogP contribution in [0.5, 0.6) is 5.75 Å². The molecular formula is C22H17Cl2N3O4. The van der Waals surface area contributed by atoms with E-state index in [1.54, 1.807) is 30.3 Å². The van der Waals surface area contributed by atoms with Crippen molar-refractivity contribution in [1.82, 2.24) is 5.43 Å². The predicted octanol–water partition coefficient (Wildman–Crippen LogP) is 5.17. The van der Waals surface area contributed by atoms with Crippen molar-refractivity contribution in [2.45, 2.75) is 13.0 Å². The number of nitrogens with one attached hydrogen (secondary N) is 1. The summed E-state index contributed by atoms with van der Waals surface area (Å²) in [6, 6.07) is 18.2. The molecule has 0 aromatic heterocycles. The largest absolute Gasteiger partial charge is 0.488 e. The third-order valence-electron chi connectivity index (χ3n) is 4.22. The van der Waals surface area contributed by atoms with E-state index in [1.165, 1.54) is 30.5 Å². The summed E-state index contributed by atoms with van der Waals surface area (Å²) in [6.45, 7) is 0.243. The summed E-state index contributed by atoms with van der Waals surface area (Å²) in [4.78, 5) is 22.3. The number of carbonyl (C=O) groups is 1. The van der Waals surface area contributed by atoms with Gasteiger partial charge in [-0.3, -0.25) is 14.9 Å². The fourth-order valence-corrected chi connectivity index (χ4v) is 3.11. The van der Waals surface area contributed by atoms with Crippen molar-refractivity contribution >= 4 is 41.0 Å². The highest BCUT2D eigenvalue weighted by Crippen LogP contribution is 2.24. The molecule has 0 aliphatic carbocycles. The van der Waals surface area contributed by atoms with E-state index in [1.807, 2.05) is 12.1 Å². The summed E-state index contributed by atoms with van der Waals surface area (Å²) < 4.78 is 5.84. The van der Waals surface area contributed by atoms with E-state index < -0.39 is 4.92 Å². The van der Waals surface area contributed by atoms with Crippen molar-refractivity contribution < 1.29 is 14.5 Å². The van der Waals surface area contributed by atoms with Crippen molar-refractivity contribution in [2.75, 3.05) is 0 Å². The van der Waals surface area contributed by atoms with Crippen LogP contribution in [0.2, 0.25) is 10.0 Å². The van der Waals surface area contributed by atoms with Crippen molar-refractivity contribution in [3.05, 3.63) is 104 Å². The monoisotopic (exact) mass is 457 g/mol. The van der Waals surface area contributed by atoms with Gasteiger partial charge < -0.3 is 4.74 Å². The van der Waals surface area contributed by atoms with Gasteiger partial charge >= 0.3 is 0 Å². The Bertz CT molecular complexity index is 1120. The number of hydrogen-bond donors (Lipinski definition) is 1. The molecule has 0 radical (unpaired) electrons. The zero-order valence-corrected chi connectivity index (χ0v) is 17.6. The zero-order chi connectivity index (χ0) is 22.2.